The number of hydrogen-bond acceptors (Lipinski definition) is 2. The number of carbonyl (C=O) groups excluding carboxylic acids is 1. The van der Waals surface area contributed by atoms with E-state index in [1.54, 1.807) is 0 Å². The SMILES string of the molecule is CC1CNC(C)(C)CN1C(=O)NC1CCCCC1. The fourth-order valence-electron chi connectivity index (χ4n) is 2.95. The zero-order chi connectivity index (χ0) is 13.2. The van der Waals surface area contributed by atoms with Crippen molar-refractivity contribution in [1.29, 1.82) is 0 Å². The number of nitrogens with one attached hydrogen (secondary N) is 2. The van der Waals surface area contributed by atoms with Crippen molar-refractivity contribution in [3.63, 3.8) is 0 Å². The monoisotopic (exact) mass is 253 g/mol. The topological polar surface area (TPSA) is 44.4 Å². The van der Waals surface area contributed by atoms with E-state index in [4.69, 9.17) is 0 Å². The Kier molecular flexibility index (Phi) is 4.15. The van der Waals surface area contributed by atoms with Gasteiger partial charge in [0.1, 0.15) is 0 Å². The summed E-state index contributed by atoms with van der Waals surface area (Å²) in [5.74, 6) is 0. The lowest BCUT2D eigenvalue weighted by Gasteiger charge is -2.43. The molecule has 1 atom stereocenters. The van der Waals surface area contributed by atoms with Crippen LogP contribution in [0.25, 0.3) is 0 Å². The van der Waals surface area contributed by atoms with Gasteiger partial charge in [0.2, 0.25) is 0 Å². The maximum Gasteiger partial charge on any atom is 0.317 e. The highest BCUT2D eigenvalue weighted by Gasteiger charge is 2.33. The molecular formula is C14H27N3O. The van der Waals surface area contributed by atoms with Crippen molar-refractivity contribution in [2.75, 3.05) is 13.1 Å². The van der Waals surface area contributed by atoms with Gasteiger partial charge in [0, 0.05) is 30.7 Å². The molecule has 1 saturated carbocycles. The van der Waals surface area contributed by atoms with Gasteiger partial charge >= 0.3 is 6.03 Å². The van der Waals surface area contributed by atoms with Crippen LogP contribution in [0.5, 0.6) is 0 Å². The van der Waals surface area contributed by atoms with Gasteiger partial charge in [0.25, 0.3) is 0 Å². The molecule has 2 fully saturated rings. The predicted octanol–water partition coefficient (Wildman–Crippen LogP) is 2.10. The van der Waals surface area contributed by atoms with E-state index >= 15 is 0 Å². The lowest BCUT2D eigenvalue weighted by atomic mass is 9.95. The highest BCUT2D eigenvalue weighted by molar-refractivity contribution is 5.75. The van der Waals surface area contributed by atoms with Crippen molar-refractivity contribution < 1.29 is 4.79 Å². The molecule has 1 aliphatic carbocycles. The van der Waals surface area contributed by atoms with Crippen LogP contribution >= 0.6 is 0 Å². The number of piperazine rings is 1. The van der Waals surface area contributed by atoms with Crippen LogP contribution in [0.15, 0.2) is 0 Å². The Balaban J connectivity index is 1.90. The standard InChI is InChI=1S/C14H27N3O/c1-11-9-15-14(2,3)10-17(11)13(18)16-12-7-5-4-6-8-12/h11-12,15H,4-10H2,1-3H3,(H,16,18). The maximum atomic E-state index is 12.4. The van der Waals surface area contributed by atoms with Gasteiger partial charge in [-0.25, -0.2) is 4.79 Å². The molecule has 104 valence electrons. The summed E-state index contributed by atoms with van der Waals surface area (Å²) in [6.45, 7) is 8.08. The maximum absolute atomic E-state index is 12.4. The van der Waals surface area contributed by atoms with Gasteiger partial charge in [-0.1, -0.05) is 19.3 Å². The molecule has 0 aromatic heterocycles. The van der Waals surface area contributed by atoms with E-state index in [2.05, 4.69) is 31.4 Å². The lowest BCUT2D eigenvalue weighted by Crippen LogP contribution is -2.64. The summed E-state index contributed by atoms with van der Waals surface area (Å²) in [4.78, 5) is 14.3. The van der Waals surface area contributed by atoms with Crippen LogP contribution < -0.4 is 10.6 Å². The van der Waals surface area contributed by atoms with E-state index in [1.807, 2.05) is 4.90 Å². The Hall–Kier alpha value is -0.770. The normalized spacial score (nSPS) is 29.1. The predicted molar refractivity (Wildman–Crippen MR) is 73.7 cm³/mol. The highest BCUT2D eigenvalue weighted by Crippen LogP contribution is 2.19. The van der Waals surface area contributed by atoms with Gasteiger partial charge in [-0.2, -0.15) is 0 Å². The van der Waals surface area contributed by atoms with Gasteiger partial charge in [-0.15, -0.1) is 0 Å². The molecule has 0 aromatic rings. The molecule has 18 heavy (non-hydrogen) atoms. The van der Waals surface area contributed by atoms with Crippen LogP contribution in [-0.4, -0.2) is 41.6 Å². The van der Waals surface area contributed by atoms with Crippen molar-refractivity contribution >= 4 is 6.03 Å². The molecule has 1 heterocycles. The first-order chi connectivity index (χ1) is 8.48. The van der Waals surface area contributed by atoms with Gasteiger partial charge in [0.15, 0.2) is 0 Å². The second kappa shape index (κ2) is 5.47. The average Bonchev–Trinajstić information content (AvgIpc) is 2.33. The van der Waals surface area contributed by atoms with E-state index in [9.17, 15) is 4.79 Å². The minimum Gasteiger partial charge on any atom is -0.335 e. The van der Waals surface area contributed by atoms with Gasteiger partial charge < -0.3 is 15.5 Å². The zero-order valence-electron chi connectivity index (χ0n) is 12.0. The summed E-state index contributed by atoms with van der Waals surface area (Å²) < 4.78 is 0. The molecule has 2 rings (SSSR count). The third kappa shape index (κ3) is 3.37. The summed E-state index contributed by atoms with van der Waals surface area (Å²) in [6, 6.07) is 0.807. The molecule has 4 nitrogen and oxygen atoms in total. The average molecular weight is 253 g/mol. The Morgan fingerprint density at radius 2 is 1.94 bits per heavy atom. The fraction of sp³-hybridized carbons (Fsp3) is 0.929. The summed E-state index contributed by atoms with van der Waals surface area (Å²) in [5.41, 5.74) is 0.0242. The number of hydrogen-bond donors (Lipinski definition) is 2. The second-order valence-corrected chi connectivity index (χ2v) is 6.53. The molecule has 1 unspecified atom stereocenters. The summed E-state index contributed by atoms with van der Waals surface area (Å²) in [5, 5.41) is 6.69. The van der Waals surface area contributed by atoms with E-state index < -0.39 is 0 Å². The quantitative estimate of drug-likeness (QED) is 0.751. The number of rotatable bonds is 1. The van der Waals surface area contributed by atoms with Gasteiger partial charge in [-0.05, 0) is 33.6 Å². The molecule has 1 aliphatic heterocycles. The summed E-state index contributed by atoms with van der Waals surface area (Å²) in [6.07, 6.45) is 6.13. The van der Waals surface area contributed by atoms with Crippen LogP contribution in [0.1, 0.15) is 52.9 Å². The van der Waals surface area contributed by atoms with Crippen LogP contribution in [-0.2, 0) is 0 Å². The van der Waals surface area contributed by atoms with Gasteiger partial charge in [-0.3, -0.25) is 0 Å². The van der Waals surface area contributed by atoms with Crippen molar-refractivity contribution in [3.05, 3.63) is 0 Å². The van der Waals surface area contributed by atoms with Crippen molar-refractivity contribution in [3.8, 4) is 0 Å². The molecule has 0 bridgehead atoms. The molecule has 2 amide bonds. The van der Waals surface area contributed by atoms with E-state index in [0.717, 1.165) is 25.9 Å². The molecule has 0 radical (unpaired) electrons. The van der Waals surface area contributed by atoms with E-state index in [-0.39, 0.29) is 17.6 Å². The summed E-state index contributed by atoms with van der Waals surface area (Å²) in [7, 11) is 0. The number of nitrogens with zero attached hydrogens (tertiary/aromatic N) is 1. The number of amides is 2. The van der Waals surface area contributed by atoms with Gasteiger partial charge in [0.05, 0.1) is 0 Å². The minimum absolute atomic E-state index is 0.0242. The lowest BCUT2D eigenvalue weighted by molar-refractivity contribution is 0.117. The van der Waals surface area contributed by atoms with Crippen LogP contribution in [0.3, 0.4) is 0 Å². The van der Waals surface area contributed by atoms with Crippen molar-refractivity contribution in [2.45, 2.75) is 70.5 Å². The minimum atomic E-state index is 0.0242. The Morgan fingerprint density at radius 3 is 2.61 bits per heavy atom. The second-order valence-electron chi connectivity index (χ2n) is 6.53. The molecule has 4 heteroatoms. The third-order valence-electron chi connectivity index (χ3n) is 4.17. The Bertz CT molecular complexity index is 297. The molecule has 1 saturated heterocycles. The third-order valence-corrected chi connectivity index (χ3v) is 4.17. The van der Waals surface area contributed by atoms with Crippen LogP contribution in [0.4, 0.5) is 4.79 Å². The first kappa shape index (κ1) is 13.7. The van der Waals surface area contributed by atoms with Crippen LogP contribution in [0, 0.1) is 0 Å². The number of carbonyl (C=O) groups is 1. The molecule has 2 aliphatic rings. The summed E-state index contributed by atoms with van der Waals surface area (Å²) >= 11 is 0. The number of urea groups is 1. The van der Waals surface area contributed by atoms with E-state index in [0.29, 0.717) is 6.04 Å². The molecule has 2 N–H and O–H groups in total. The molecule has 0 aromatic carbocycles. The van der Waals surface area contributed by atoms with Crippen molar-refractivity contribution in [2.24, 2.45) is 0 Å². The van der Waals surface area contributed by atoms with Crippen molar-refractivity contribution in [1.82, 2.24) is 15.5 Å². The first-order valence-electron chi connectivity index (χ1n) is 7.30. The molecular weight excluding hydrogens is 226 g/mol. The Morgan fingerprint density at radius 1 is 1.28 bits per heavy atom. The zero-order valence-corrected chi connectivity index (χ0v) is 12.0. The fourth-order valence-corrected chi connectivity index (χ4v) is 2.95. The highest BCUT2D eigenvalue weighted by atomic mass is 16.2. The largest absolute Gasteiger partial charge is 0.335 e. The van der Waals surface area contributed by atoms with Crippen LogP contribution in [0.2, 0.25) is 0 Å². The first-order valence-corrected chi connectivity index (χ1v) is 7.30. The Labute approximate surface area is 110 Å². The smallest absolute Gasteiger partial charge is 0.317 e. The molecule has 0 spiro atoms. The van der Waals surface area contributed by atoms with E-state index in [1.165, 1.54) is 19.3 Å².